The van der Waals surface area contributed by atoms with Crippen molar-refractivity contribution in [2.24, 2.45) is 0 Å². The lowest BCUT2D eigenvalue weighted by Crippen LogP contribution is -2.42. The topological polar surface area (TPSA) is 114 Å². The average molecular weight is 309 g/mol. The van der Waals surface area contributed by atoms with Crippen LogP contribution in [0.25, 0.3) is 0 Å². The van der Waals surface area contributed by atoms with Crippen LogP contribution in [-0.4, -0.2) is 51.4 Å². The number of amides is 2. The van der Waals surface area contributed by atoms with Crippen molar-refractivity contribution in [3.05, 3.63) is 0 Å². The molecule has 0 aromatic carbocycles. The first-order valence-corrected chi connectivity index (χ1v) is 7.92. The summed E-state index contributed by atoms with van der Waals surface area (Å²) in [5, 5.41) is 4.76. The minimum absolute atomic E-state index is 0.0128. The zero-order valence-corrected chi connectivity index (χ0v) is 13.1. The highest BCUT2D eigenvalue weighted by Crippen LogP contribution is 2.05. The van der Waals surface area contributed by atoms with E-state index in [0.29, 0.717) is 0 Å². The fourth-order valence-corrected chi connectivity index (χ4v) is 1.66. The molecule has 0 bridgehead atoms. The van der Waals surface area contributed by atoms with E-state index in [4.69, 9.17) is 4.74 Å². The summed E-state index contributed by atoms with van der Waals surface area (Å²) in [5.74, 6) is -0.437. The van der Waals surface area contributed by atoms with E-state index in [1.54, 1.807) is 20.8 Å². The molecule has 0 aromatic rings. The summed E-state index contributed by atoms with van der Waals surface area (Å²) in [6.07, 6.45) is -0.681. The van der Waals surface area contributed by atoms with Crippen molar-refractivity contribution in [2.75, 3.05) is 25.4 Å². The Morgan fingerprint density at radius 1 is 1.10 bits per heavy atom. The van der Waals surface area contributed by atoms with Gasteiger partial charge in [0.2, 0.25) is 15.9 Å². The van der Waals surface area contributed by atoms with E-state index in [1.165, 1.54) is 6.92 Å². The summed E-state index contributed by atoms with van der Waals surface area (Å²) < 4.78 is 29.4. The number of ether oxygens (including phenoxy) is 1. The second kappa shape index (κ2) is 8.05. The maximum absolute atomic E-state index is 11.3. The number of nitrogens with one attached hydrogen (secondary N) is 3. The molecular weight excluding hydrogens is 286 g/mol. The number of hydrogen-bond donors (Lipinski definition) is 3. The van der Waals surface area contributed by atoms with Gasteiger partial charge in [0, 0.05) is 13.1 Å². The number of rotatable bonds is 7. The van der Waals surface area contributed by atoms with Crippen LogP contribution in [0.1, 0.15) is 27.7 Å². The van der Waals surface area contributed by atoms with Crippen LogP contribution in [0.15, 0.2) is 0 Å². The van der Waals surface area contributed by atoms with Crippen LogP contribution >= 0.6 is 0 Å². The summed E-state index contributed by atoms with van der Waals surface area (Å²) in [4.78, 5) is 22.6. The van der Waals surface area contributed by atoms with Crippen LogP contribution in [0.3, 0.4) is 0 Å². The number of carbonyl (C=O) groups is 2. The van der Waals surface area contributed by atoms with Crippen LogP contribution in [0, 0.1) is 0 Å². The molecule has 0 heterocycles. The average Bonchev–Trinajstić information content (AvgIpc) is 2.30. The molecule has 0 saturated carbocycles. The molecule has 0 spiro atoms. The Morgan fingerprint density at radius 2 is 1.70 bits per heavy atom. The molecule has 0 atom stereocenters. The van der Waals surface area contributed by atoms with Crippen molar-refractivity contribution in [2.45, 2.75) is 33.3 Å². The molecule has 0 aromatic heterocycles. The fourth-order valence-electron chi connectivity index (χ4n) is 1.04. The van der Waals surface area contributed by atoms with Gasteiger partial charge in [-0.1, -0.05) is 0 Å². The molecule has 118 valence electrons. The summed E-state index contributed by atoms with van der Waals surface area (Å²) >= 11 is 0. The van der Waals surface area contributed by atoms with Gasteiger partial charge in [0.25, 0.3) is 0 Å². The molecule has 2 amide bonds. The molecule has 0 aliphatic carbocycles. The molecule has 0 unspecified atom stereocenters. The zero-order chi connectivity index (χ0) is 15.8. The predicted molar refractivity (Wildman–Crippen MR) is 74.7 cm³/mol. The molecule has 0 aliphatic rings. The van der Waals surface area contributed by atoms with E-state index in [9.17, 15) is 18.0 Å². The Bertz CT molecular complexity index is 428. The molecule has 0 fully saturated rings. The third kappa shape index (κ3) is 10.6. The van der Waals surface area contributed by atoms with Crippen LogP contribution < -0.4 is 15.4 Å². The van der Waals surface area contributed by atoms with Gasteiger partial charge in [0.1, 0.15) is 5.60 Å². The minimum Gasteiger partial charge on any atom is -0.444 e. The van der Waals surface area contributed by atoms with E-state index in [1.807, 2.05) is 0 Å². The van der Waals surface area contributed by atoms with Gasteiger partial charge in [-0.25, -0.2) is 17.9 Å². The van der Waals surface area contributed by atoms with Crippen molar-refractivity contribution in [1.29, 1.82) is 0 Å². The number of carbonyl (C=O) groups excluding carboxylic acids is 2. The van der Waals surface area contributed by atoms with Gasteiger partial charge in [-0.2, -0.15) is 0 Å². The third-order valence-electron chi connectivity index (χ3n) is 1.94. The van der Waals surface area contributed by atoms with Gasteiger partial charge in [0.15, 0.2) is 0 Å². The minimum atomic E-state index is -3.25. The van der Waals surface area contributed by atoms with Crippen LogP contribution in [0.5, 0.6) is 0 Å². The molecule has 9 heteroatoms. The second-order valence-electron chi connectivity index (χ2n) is 5.00. The zero-order valence-electron chi connectivity index (χ0n) is 12.3. The standard InChI is InChI=1S/C11H23N3O5S/c1-5-20(17,18)14-7-6-12-9(15)8-13-10(16)19-11(2,3)4/h14H,5-8H2,1-4H3,(H,12,15)(H,13,16). The van der Waals surface area contributed by atoms with Crippen molar-refractivity contribution in [3.8, 4) is 0 Å². The van der Waals surface area contributed by atoms with E-state index >= 15 is 0 Å². The summed E-state index contributed by atoms with van der Waals surface area (Å²) in [5.41, 5.74) is -0.626. The second-order valence-corrected chi connectivity index (χ2v) is 7.10. The quantitative estimate of drug-likeness (QED) is 0.552. The number of alkyl carbamates (subject to hydrolysis) is 1. The van der Waals surface area contributed by atoms with Crippen LogP contribution in [-0.2, 0) is 19.6 Å². The Hall–Kier alpha value is -1.35. The first-order valence-electron chi connectivity index (χ1n) is 6.26. The Kier molecular flexibility index (Phi) is 7.51. The van der Waals surface area contributed by atoms with Gasteiger partial charge in [-0.15, -0.1) is 0 Å². The van der Waals surface area contributed by atoms with Gasteiger partial charge < -0.3 is 15.4 Å². The lowest BCUT2D eigenvalue weighted by Gasteiger charge is -2.19. The SMILES string of the molecule is CCS(=O)(=O)NCCNC(=O)CNC(=O)OC(C)(C)C. The van der Waals surface area contributed by atoms with Gasteiger partial charge in [0.05, 0.1) is 12.3 Å². The summed E-state index contributed by atoms with van der Waals surface area (Å²) in [6.45, 7) is 6.69. The van der Waals surface area contributed by atoms with E-state index in [0.717, 1.165) is 0 Å². The molecule has 20 heavy (non-hydrogen) atoms. The summed E-state index contributed by atoms with van der Waals surface area (Å²) in [6, 6.07) is 0. The normalized spacial score (nSPS) is 11.8. The number of sulfonamides is 1. The van der Waals surface area contributed by atoms with E-state index < -0.39 is 27.6 Å². The highest BCUT2D eigenvalue weighted by atomic mass is 32.2. The predicted octanol–water partition coefficient (Wildman–Crippen LogP) is -0.433. The third-order valence-corrected chi connectivity index (χ3v) is 3.35. The van der Waals surface area contributed by atoms with Gasteiger partial charge in [-0.3, -0.25) is 4.79 Å². The Labute approximate surface area is 119 Å². The highest BCUT2D eigenvalue weighted by Gasteiger charge is 2.16. The van der Waals surface area contributed by atoms with Crippen molar-refractivity contribution >= 4 is 22.0 Å². The highest BCUT2D eigenvalue weighted by molar-refractivity contribution is 7.89. The molecule has 0 rings (SSSR count). The van der Waals surface area contributed by atoms with Crippen molar-refractivity contribution < 1.29 is 22.7 Å². The van der Waals surface area contributed by atoms with Gasteiger partial charge in [-0.05, 0) is 27.7 Å². The van der Waals surface area contributed by atoms with Crippen molar-refractivity contribution in [3.63, 3.8) is 0 Å². The van der Waals surface area contributed by atoms with E-state index in [-0.39, 0.29) is 25.4 Å². The molecule has 8 nitrogen and oxygen atoms in total. The molecule has 0 saturated heterocycles. The van der Waals surface area contributed by atoms with Gasteiger partial charge >= 0.3 is 6.09 Å². The first-order chi connectivity index (χ1) is 9.06. The molecule has 0 aliphatic heterocycles. The molecule has 0 radical (unpaired) electrons. The molecule has 3 N–H and O–H groups in total. The maximum Gasteiger partial charge on any atom is 0.408 e. The smallest absolute Gasteiger partial charge is 0.408 e. The summed E-state index contributed by atoms with van der Waals surface area (Å²) in [7, 11) is -3.25. The molecular formula is C11H23N3O5S. The van der Waals surface area contributed by atoms with Crippen molar-refractivity contribution in [1.82, 2.24) is 15.4 Å². The Balaban J connectivity index is 3.78. The Morgan fingerprint density at radius 3 is 2.20 bits per heavy atom. The largest absolute Gasteiger partial charge is 0.444 e. The number of hydrogen-bond acceptors (Lipinski definition) is 5. The van der Waals surface area contributed by atoms with E-state index in [2.05, 4.69) is 15.4 Å². The lowest BCUT2D eigenvalue weighted by molar-refractivity contribution is -0.120. The lowest BCUT2D eigenvalue weighted by atomic mass is 10.2. The fraction of sp³-hybridized carbons (Fsp3) is 0.818. The first kappa shape index (κ1) is 18.7. The van der Waals surface area contributed by atoms with Crippen LogP contribution in [0.2, 0.25) is 0 Å². The monoisotopic (exact) mass is 309 g/mol. The maximum atomic E-state index is 11.3. The van der Waals surface area contributed by atoms with Crippen LogP contribution in [0.4, 0.5) is 4.79 Å².